The zero-order valence-electron chi connectivity index (χ0n) is 17.8. The lowest BCUT2D eigenvalue weighted by atomic mass is 9.78. The molecule has 1 fully saturated rings. The topological polar surface area (TPSA) is 58.6 Å². The lowest BCUT2D eigenvalue weighted by Gasteiger charge is -2.35. The van der Waals surface area contributed by atoms with Crippen molar-refractivity contribution in [1.29, 1.82) is 0 Å². The minimum absolute atomic E-state index is 0.0174. The predicted molar refractivity (Wildman–Crippen MR) is 118 cm³/mol. The van der Waals surface area contributed by atoms with E-state index >= 15 is 0 Å². The maximum absolute atomic E-state index is 14.1. The third-order valence-electron chi connectivity index (χ3n) is 6.38. The molecular weight excluding hydrogens is 395 g/mol. The van der Waals surface area contributed by atoms with Gasteiger partial charge in [-0.05, 0) is 42.5 Å². The Kier molecular flexibility index (Phi) is 6.07. The molecule has 3 atom stereocenters. The second kappa shape index (κ2) is 8.92. The minimum Gasteiger partial charge on any atom is -0.449 e. The highest BCUT2D eigenvalue weighted by Crippen LogP contribution is 2.36. The Hall–Kier alpha value is -3.15. The van der Waals surface area contributed by atoms with Crippen molar-refractivity contribution in [3.8, 4) is 5.75 Å². The van der Waals surface area contributed by atoms with Gasteiger partial charge in [0.25, 0.3) is 5.91 Å². The van der Waals surface area contributed by atoms with Gasteiger partial charge in [-0.1, -0.05) is 57.0 Å². The lowest BCUT2D eigenvalue weighted by Crippen LogP contribution is -2.49. The summed E-state index contributed by atoms with van der Waals surface area (Å²) in [5, 5.41) is 3.12. The second-order valence-electron chi connectivity index (χ2n) is 8.43. The zero-order chi connectivity index (χ0) is 22.0. The van der Waals surface area contributed by atoms with Gasteiger partial charge < -0.3 is 10.1 Å². The van der Waals surface area contributed by atoms with Crippen molar-refractivity contribution in [2.45, 2.75) is 39.2 Å². The van der Waals surface area contributed by atoms with Gasteiger partial charge in [-0.3, -0.25) is 14.5 Å². The van der Waals surface area contributed by atoms with Gasteiger partial charge in [-0.2, -0.15) is 0 Å². The Morgan fingerprint density at radius 3 is 2.71 bits per heavy atom. The number of carbonyl (C=O) groups is 2. The smallest absolute Gasteiger partial charge is 0.294 e. The van der Waals surface area contributed by atoms with E-state index in [1.807, 2.05) is 0 Å². The summed E-state index contributed by atoms with van der Waals surface area (Å²) < 4.78 is 19.9. The fraction of sp³-hybridized carbons (Fsp3) is 0.360. The number of nitrogens with one attached hydrogen (secondary N) is 1. The Balaban J connectivity index is 1.58. The van der Waals surface area contributed by atoms with Crippen LogP contribution in [0.25, 0.3) is 6.08 Å². The first-order valence-corrected chi connectivity index (χ1v) is 10.8. The van der Waals surface area contributed by atoms with Crippen molar-refractivity contribution in [3.63, 3.8) is 0 Å². The number of hydrogen-bond donors (Lipinski definition) is 1. The van der Waals surface area contributed by atoms with Crippen LogP contribution in [0.2, 0.25) is 0 Å². The van der Waals surface area contributed by atoms with Gasteiger partial charge in [0.05, 0.1) is 5.69 Å². The molecule has 0 unspecified atom stereocenters. The van der Waals surface area contributed by atoms with Crippen LogP contribution < -0.4 is 15.0 Å². The predicted octanol–water partition coefficient (Wildman–Crippen LogP) is 4.53. The highest BCUT2D eigenvalue weighted by Gasteiger charge is 2.33. The standard InChI is InChI=1S/C25H27FN2O3/c1-16-8-7-11-20(17(16)2)27-24(29)15-28-21-12-5-6-13-22(21)31-23(25(28)30)14-18-9-3-4-10-19(18)26/h3-6,9-10,12-14,16-17,20H,7-8,11,15H2,1-2H3,(H,27,29)/b23-14-/t16-,17+,20-/m1/s1. The molecule has 1 N–H and O–H groups in total. The molecule has 162 valence electrons. The summed E-state index contributed by atoms with van der Waals surface area (Å²) in [4.78, 5) is 27.5. The molecule has 0 bridgehead atoms. The molecule has 0 aromatic heterocycles. The van der Waals surface area contributed by atoms with Crippen LogP contribution in [0.15, 0.2) is 54.3 Å². The first-order chi connectivity index (χ1) is 14.9. The van der Waals surface area contributed by atoms with E-state index in [2.05, 4.69) is 19.2 Å². The molecule has 0 spiro atoms. The molecule has 5 nitrogen and oxygen atoms in total. The second-order valence-corrected chi connectivity index (χ2v) is 8.43. The molecule has 6 heteroatoms. The average Bonchev–Trinajstić information content (AvgIpc) is 2.76. The van der Waals surface area contributed by atoms with E-state index in [4.69, 9.17) is 4.74 Å². The van der Waals surface area contributed by atoms with E-state index in [1.54, 1.807) is 42.5 Å². The molecule has 31 heavy (non-hydrogen) atoms. The number of benzene rings is 2. The first-order valence-electron chi connectivity index (χ1n) is 10.8. The van der Waals surface area contributed by atoms with E-state index < -0.39 is 11.7 Å². The molecule has 1 heterocycles. The third kappa shape index (κ3) is 4.48. The van der Waals surface area contributed by atoms with Crippen molar-refractivity contribution in [3.05, 3.63) is 65.7 Å². The van der Waals surface area contributed by atoms with Crippen LogP contribution >= 0.6 is 0 Å². The van der Waals surface area contributed by atoms with E-state index in [0.717, 1.165) is 12.8 Å². The van der Waals surface area contributed by atoms with Crippen LogP contribution in [0.4, 0.5) is 10.1 Å². The van der Waals surface area contributed by atoms with Gasteiger partial charge in [0.2, 0.25) is 5.91 Å². The molecule has 0 saturated heterocycles. The van der Waals surface area contributed by atoms with Crippen molar-refractivity contribution >= 4 is 23.6 Å². The molecule has 2 aliphatic rings. The van der Waals surface area contributed by atoms with Crippen molar-refractivity contribution in [2.24, 2.45) is 11.8 Å². The number of amides is 2. The van der Waals surface area contributed by atoms with Crippen molar-refractivity contribution in [1.82, 2.24) is 5.32 Å². The van der Waals surface area contributed by atoms with E-state index in [1.165, 1.54) is 23.5 Å². The lowest BCUT2D eigenvalue weighted by molar-refractivity contribution is -0.124. The third-order valence-corrected chi connectivity index (χ3v) is 6.38. The molecular formula is C25H27FN2O3. The number of halogens is 1. The Labute approximate surface area is 181 Å². The molecule has 2 aromatic carbocycles. The van der Waals surface area contributed by atoms with Gasteiger partial charge in [0.1, 0.15) is 12.4 Å². The monoisotopic (exact) mass is 422 g/mol. The van der Waals surface area contributed by atoms with Gasteiger partial charge in [-0.15, -0.1) is 0 Å². The number of fused-ring (bicyclic) bond motifs is 1. The fourth-order valence-corrected chi connectivity index (χ4v) is 4.33. The molecule has 2 amide bonds. The molecule has 0 radical (unpaired) electrons. The summed E-state index contributed by atoms with van der Waals surface area (Å²) >= 11 is 0. The molecule has 4 rings (SSSR count). The SMILES string of the molecule is C[C@H]1[C@H](C)CCC[C@H]1NC(=O)CN1C(=O)/C(=C/c2ccccc2F)Oc2ccccc21. The number of nitrogens with zero attached hydrogens (tertiary/aromatic N) is 1. The van der Waals surface area contributed by atoms with Crippen LogP contribution in [0.5, 0.6) is 5.75 Å². The summed E-state index contributed by atoms with van der Waals surface area (Å²) in [5.74, 6) is 0.258. The maximum atomic E-state index is 14.1. The highest BCUT2D eigenvalue weighted by atomic mass is 19.1. The van der Waals surface area contributed by atoms with Gasteiger partial charge in [-0.25, -0.2) is 4.39 Å². The quantitative estimate of drug-likeness (QED) is 0.737. The first kappa shape index (κ1) is 21.1. The fourth-order valence-electron chi connectivity index (χ4n) is 4.33. The Morgan fingerprint density at radius 1 is 1.16 bits per heavy atom. The number of ether oxygens (including phenoxy) is 1. The highest BCUT2D eigenvalue weighted by molar-refractivity contribution is 6.12. The molecule has 1 saturated carbocycles. The molecule has 1 aliphatic heterocycles. The summed E-state index contributed by atoms with van der Waals surface area (Å²) in [6, 6.07) is 13.3. The summed E-state index contributed by atoms with van der Waals surface area (Å²) in [7, 11) is 0. The van der Waals surface area contributed by atoms with Crippen LogP contribution in [-0.2, 0) is 9.59 Å². The summed E-state index contributed by atoms with van der Waals surface area (Å²) in [6.07, 6.45) is 4.59. The molecule has 1 aliphatic carbocycles. The zero-order valence-corrected chi connectivity index (χ0v) is 17.8. The Bertz CT molecular complexity index is 1020. The van der Waals surface area contributed by atoms with Crippen LogP contribution in [0, 0.1) is 17.7 Å². The molecule has 2 aromatic rings. The number of hydrogen-bond acceptors (Lipinski definition) is 3. The van der Waals surface area contributed by atoms with Crippen molar-refractivity contribution < 1.29 is 18.7 Å². The largest absolute Gasteiger partial charge is 0.449 e. The Morgan fingerprint density at radius 2 is 1.90 bits per heavy atom. The van der Waals surface area contributed by atoms with E-state index in [-0.39, 0.29) is 29.8 Å². The van der Waals surface area contributed by atoms with Gasteiger partial charge in [0.15, 0.2) is 11.5 Å². The maximum Gasteiger partial charge on any atom is 0.294 e. The number of para-hydroxylation sites is 2. The van der Waals surface area contributed by atoms with E-state index in [9.17, 15) is 14.0 Å². The van der Waals surface area contributed by atoms with E-state index in [0.29, 0.717) is 23.3 Å². The summed E-state index contributed by atoms with van der Waals surface area (Å²) in [6.45, 7) is 4.26. The van der Waals surface area contributed by atoms with Crippen LogP contribution in [0.1, 0.15) is 38.7 Å². The van der Waals surface area contributed by atoms with Crippen LogP contribution in [0.3, 0.4) is 0 Å². The number of anilines is 1. The van der Waals surface area contributed by atoms with Crippen LogP contribution in [-0.4, -0.2) is 24.4 Å². The minimum atomic E-state index is -0.470. The van der Waals surface area contributed by atoms with Crippen molar-refractivity contribution in [2.75, 3.05) is 11.4 Å². The van der Waals surface area contributed by atoms with Gasteiger partial charge in [0, 0.05) is 11.6 Å². The number of rotatable bonds is 4. The van der Waals surface area contributed by atoms with Gasteiger partial charge >= 0.3 is 0 Å². The number of carbonyl (C=O) groups excluding carboxylic acids is 2. The summed E-state index contributed by atoms with van der Waals surface area (Å²) in [5.41, 5.74) is 0.776. The normalized spacial score (nSPS) is 24.5. The average molecular weight is 423 g/mol.